The summed E-state index contributed by atoms with van der Waals surface area (Å²) in [5.41, 5.74) is 0.388. The van der Waals surface area contributed by atoms with Crippen LogP contribution >= 0.6 is 0 Å². The molecule has 0 unspecified atom stereocenters. The Morgan fingerprint density at radius 3 is 2.24 bits per heavy atom. The Labute approximate surface area is 124 Å². The van der Waals surface area contributed by atoms with Gasteiger partial charge in [0.1, 0.15) is 5.75 Å². The molecule has 0 saturated heterocycles. The van der Waals surface area contributed by atoms with E-state index in [4.69, 9.17) is 9.84 Å². The Kier molecular flexibility index (Phi) is 6.02. The average molecular weight is 294 g/mol. The topological polar surface area (TPSA) is 87.7 Å². The second-order valence-corrected chi connectivity index (χ2v) is 5.05. The van der Waals surface area contributed by atoms with Gasteiger partial charge in [-0.05, 0) is 44.0 Å². The van der Waals surface area contributed by atoms with Gasteiger partial charge in [-0.15, -0.1) is 0 Å². The summed E-state index contributed by atoms with van der Waals surface area (Å²) in [6.45, 7) is 5.66. The maximum Gasteiger partial charge on any atom is 0.341 e. The lowest BCUT2D eigenvalue weighted by molar-refractivity contribution is -0.139. The summed E-state index contributed by atoms with van der Waals surface area (Å²) in [5, 5.41) is 14.2. The van der Waals surface area contributed by atoms with Crippen molar-refractivity contribution in [2.75, 3.05) is 11.9 Å². The molecule has 0 spiro atoms. The first-order valence-corrected chi connectivity index (χ1v) is 6.92. The van der Waals surface area contributed by atoms with Crippen LogP contribution < -0.4 is 15.4 Å². The quantitative estimate of drug-likeness (QED) is 0.721. The molecule has 1 aromatic carbocycles. The van der Waals surface area contributed by atoms with Crippen molar-refractivity contribution in [1.82, 2.24) is 5.32 Å². The zero-order valence-corrected chi connectivity index (χ0v) is 12.6. The largest absolute Gasteiger partial charge is 0.482 e. The predicted molar refractivity (Wildman–Crippen MR) is 80.7 cm³/mol. The SMILES string of the molecule is CCC(C)(CC)NC(=O)Nc1ccc(OCC(=O)O)cc1. The average Bonchev–Trinajstić information content (AvgIpc) is 2.46. The number of urea groups is 1. The van der Waals surface area contributed by atoms with Crippen molar-refractivity contribution in [3.05, 3.63) is 24.3 Å². The van der Waals surface area contributed by atoms with Crippen molar-refractivity contribution >= 4 is 17.7 Å². The molecular weight excluding hydrogens is 272 g/mol. The second-order valence-electron chi connectivity index (χ2n) is 5.05. The van der Waals surface area contributed by atoms with Crippen LogP contribution in [0.1, 0.15) is 33.6 Å². The smallest absolute Gasteiger partial charge is 0.341 e. The van der Waals surface area contributed by atoms with Crippen molar-refractivity contribution in [2.45, 2.75) is 39.2 Å². The Hall–Kier alpha value is -2.24. The molecule has 0 atom stereocenters. The fourth-order valence-electron chi connectivity index (χ4n) is 1.64. The molecule has 0 aliphatic heterocycles. The number of carboxylic acid groups (broad SMARTS) is 1. The fraction of sp³-hybridized carbons (Fsp3) is 0.467. The number of carbonyl (C=O) groups excluding carboxylic acids is 1. The molecule has 0 aliphatic carbocycles. The first kappa shape index (κ1) is 16.8. The van der Waals surface area contributed by atoms with Gasteiger partial charge in [0.15, 0.2) is 6.61 Å². The molecule has 0 bridgehead atoms. The van der Waals surface area contributed by atoms with E-state index in [1.54, 1.807) is 24.3 Å². The van der Waals surface area contributed by atoms with Crippen LogP contribution in [0.15, 0.2) is 24.3 Å². The van der Waals surface area contributed by atoms with Crippen LogP contribution in [0.25, 0.3) is 0 Å². The normalized spacial score (nSPS) is 10.8. The van der Waals surface area contributed by atoms with Crippen molar-refractivity contribution in [1.29, 1.82) is 0 Å². The Balaban J connectivity index is 2.55. The van der Waals surface area contributed by atoms with E-state index in [-0.39, 0.29) is 11.6 Å². The third-order valence-corrected chi connectivity index (χ3v) is 3.45. The number of amides is 2. The van der Waals surface area contributed by atoms with Gasteiger partial charge in [-0.3, -0.25) is 0 Å². The molecule has 2 amide bonds. The first-order chi connectivity index (χ1) is 9.88. The molecule has 1 aromatic rings. The molecule has 6 nitrogen and oxygen atoms in total. The second kappa shape index (κ2) is 7.52. The monoisotopic (exact) mass is 294 g/mol. The van der Waals surface area contributed by atoms with Crippen LogP contribution in [0.2, 0.25) is 0 Å². The minimum Gasteiger partial charge on any atom is -0.482 e. The molecular formula is C15H22N2O4. The molecule has 0 radical (unpaired) electrons. The van der Waals surface area contributed by atoms with E-state index in [0.29, 0.717) is 11.4 Å². The van der Waals surface area contributed by atoms with E-state index in [1.165, 1.54) is 0 Å². The van der Waals surface area contributed by atoms with Crippen molar-refractivity contribution in [2.24, 2.45) is 0 Å². The van der Waals surface area contributed by atoms with Crippen LogP contribution in [0.4, 0.5) is 10.5 Å². The lowest BCUT2D eigenvalue weighted by atomic mass is 9.96. The van der Waals surface area contributed by atoms with Gasteiger partial charge in [-0.2, -0.15) is 0 Å². The maximum atomic E-state index is 11.9. The first-order valence-electron chi connectivity index (χ1n) is 6.92. The summed E-state index contributed by atoms with van der Waals surface area (Å²) in [7, 11) is 0. The van der Waals surface area contributed by atoms with Gasteiger partial charge >= 0.3 is 12.0 Å². The number of anilines is 1. The number of aliphatic carboxylic acids is 1. The maximum absolute atomic E-state index is 11.9. The fourth-order valence-corrected chi connectivity index (χ4v) is 1.64. The Morgan fingerprint density at radius 1 is 1.19 bits per heavy atom. The van der Waals surface area contributed by atoms with Crippen molar-refractivity contribution in [3.63, 3.8) is 0 Å². The summed E-state index contributed by atoms with van der Waals surface area (Å²) >= 11 is 0. The molecule has 0 aromatic heterocycles. The van der Waals surface area contributed by atoms with Gasteiger partial charge in [-0.25, -0.2) is 9.59 Å². The van der Waals surface area contributed by atoms with E-state index < -0.39 is 12.6 Å². The Morgan fingerprint density at radius 2 is 1.76 bits per heavy atom. The number of hydrogen-bond donors (Lipinski definition) is 3. The van der Waals surface area contributed by atoms with Crippen LogP contribution in [-0.4, -0.2) is 29.3 Å². The van der Waals surface area contributed by atoms with Gasteiger partial charge in [0.05, 0.1) is 0 Å². The van der Waals surface area contributed by atoms with Crippen molar-refractivity contribution in [3.8, 4) is 5.75 Å². The number of carboxylic acids is 1. The minimum absolute atomic E-state index is 0.228. The van der Waals surface area contributed by atoms with Crippen LogP contribution in [-0.2, 0) is 4.79 Å². The molecule has 3 N–H and O–H groups in total. The predicted octanol–water partition coefficient (Wildman–Crippen LogP) is 2.85. The molecule has 6 heteroatoms. The van der Waals surface area contributed by atoms with E-state index in [2.05, 4.69) is 10.6 Å². The highest BCUT2D eigenvalue weighted by molar-refractivity contribution is 5.89. The molecule has 0 aliphatic rings. The highest BCUT2D eigenvalue weighted by Gasteiger charge is 2.21. The van der Waals surface area contributed by atoms with E-state index in [9.17, 15) is 9.59 Å². The lowest BCUT2D eigenvalue weighted by Crippen LogP contribution is -2.46. The Bertz CT molecular complexity index is 481. The summed E-state index contributed by atoms with van der Waals surface area (Å²) in [5.74, 6) is -0.592. The molecule has 0 heterocycles. The van der Waals surface area contributed by atoms with Crippen molar-refractivity contribution < 1.29 is 19.4 Å². The highest BCUT2D eigenvalue weighted by Crippen LogP contribution is 2.17. The molecule has 0 saturated carbocycles. The third kappa shape index (κ3) is 5.72. The number of rotatable bonds is 7. The van der Waals surface area contributed by atoms with E-state index in [1.807, 2.05) is 20.8 Å². The number of ether oxygens (including phenoxy) is 1. The number of nitrogens with one attached hydrogen (secondary N) is 2. The summed E-state index contributed by atoms with van der Waals surface area (Å²) < 4.78 is 5.01. The van der Waals surface area contributed by atoms with E-state index in [0.717, 1.165) is 12.8 Å². The zero-order valence-electron chi connectivity index (χ0n) is 12.6. The summed E-state index contributed by atoms with van der Waals surface area (Å²) in [6.07, 6.45) is 1.69. The molecule has 0 fully saturated rings. The molecule has 1 rings (SSSR count). The third-order valence-electron chi connectivity index (χ3n) is 3.45. The van der Waals surface area contributed by atoms with Gasteiger partial charge < -0.3 is 20.5 Å². The summed E-state index contributed by atoms with van der Waals surface area (Å²) in [6, 6.07) is 6.27. The van der Waals surface area contributed by atoms with Gasteiger partial charge in [-0.1, -0.05) is 13.8 Å². The molecule has 116 valence electrons. The van der Waals surface area contributed by atoms with Crippen LogP contribution in [0.5, 0.6) is 5.75 Å². The minimum atomic E-state index is -1.03. The lowest BCUT2D eigenvalue weighted by Gasteiger charge is -2.28. The number of benzene rings is 1. The van der Waals surface area contributed by atoms with Crippen LogP contribution in [0, 0.1) is 0 Å². The number of hydrogen-bond acceptors (Lipinski definition) is 3. The van der Waals surface area contributed by atoms with Gasteiger partial charge in [0.2, 0.25) is 0 Å². The van der Waals surface area contributed by atoms with E-state index >= 15 is 0 Å². The molecule has 21 heavy (non-hydrogen) atoms. The number of carbonyl (C=O) groups is 2. The highest BCUT2D eigenvalue weighted by atomic mass is 16.5. The van der Waals surface area contributed by atoms with Gasteiger partial charge in [0, 0.05) is 11.2 Å². The van der Waals surface area contributed by atoms with Crippen LogP contribution in [0.3, 0.4) is 0 Å². The zero-order chi connectivity index (χ0) is 15.9. The van der Waals surface area contributed by atoms with Gasteiger partial charge in [0.25, 0.3) is 0 Å². The summed E-state index contributed by atoms with van der Waals surface area (Å²) in [4.78, 5) is 22.3. The standard InChI is InChI=1S/C15H22N2O4/c1-4-15(3,5-2)17-14(20)16-11-6-8-12(9-7-11)21-10-13(18)19/h6-9H,4-5,10H2,1-3H3,(H,18,19)(H2,16,17,20).